The summed E-state index contributed by atoms with van der Waals surface area (Å²) in [6.45, 7) is 4.51. The molecule has 0 spiro atoms. The fraction of sp³-hybridized carbons (Fsp3) is 0.333. The van der Waals surface area contributed by atoms with Crippen LogP contribution in [0.3, 0.4) is 0 Å². The van der Waals surface area contributed by atoms with Crippen LogP contribution in [0.4, 0.5) is 5.69 Å². The Morgan fingerprint density at radius 2 is 1.77 bits per heavy atom. The van der Waals surface area contributed by atoms with E-state index in [1.807, 2.05) is 0 Å². The Morgan fingerprint density at radius 1 is 1.13 bits per heavy atom. The number of halogens is 1. The molecule has 2 aromatic carbocycles. The van der Waals surface area contributed by atoms with Crippen LogP contribution in [0.2, 0.25) is 5.02 Å². The van der Waals surface area contributed by atoms with Gasteiger partial charge in [-0.2, -0.15) is 4.72 Å². The van der Waals surface area contributed by atoms with Crippen LogP contribution in [0.15, 0.2) is 47.4 Å². The first-order valence-electron chi connectivity index (χ1n) is 9.43. The first-order chi connectivity index (χ1) is 14.5. The van der Waals surface area contributed by atoms with Crippen molar-refractivity contribution in [3.63, 3.8) is 0 Å². The summed E-state index contributed by atoms with van der Waals surface area (Å²) in [6, 6.07) is 9.70. The van der Waals surface area contributed by atoms with Crippen molar-refractivity contribution in [2.24, 2.45) is 5.92 Å². The number of benzene rings is 2. The van der Waals surface area contributed by atoms with Crippen molar-refractivity contribution < 1.29 is 27.5 Å². The maximum atomic E-state index is 12.5. The SMILES string of the molecule is COc1cc(Cl)c(C)cc1NC(=O)COC(=O)[C@H](NS(=O)(=O)c1ccccc1)C(C)C. The summed E-state index contributed by atoms with van der Waals surface area (Å²) in [5.74, 6) is -1.52. The lowest BCUT2D eigenvalue weighted by Crippen LogP contribution is -2.45. The predicted molar refractivity (Wildman–Crippen MR) is 118 cm³/mol. The lowest BCUT2D eigenvalue weighted by Gasteiger charge is -2.21. The number of carbonyl (C=O) groups is 2. The van der Waals surface area contributed by atoms with Crippen LogP contribution in [0, 0.1) is 12.8 Å². The maximum absolute atomic E-state index is 12.5. The number of amides is 1. The van der Waals surface area contributed by atoms with Gasteiger partial charge in [0.25, 0.3) is 5.91 Å². The smallest absolute Gasteiger partial charge is 0.324 e. The van der Waals surface area contributed by atoms with Gasteiger partial charge in [-0.3, -0.25) is 9.59 Å². The quantitative estimate of drug-likeness (QED) is 0.547. The van der Waals surface area contributed by atoms with Crippen LogP contribution >= 0.6 is 11.6 Å². The van der Waals surface area contributed by atoms with Crippen molar-refractivity contribution in [3.05, 3.63) is 53.1 Å². The molecule has 31 heavy (non-hydrogen) atoms. The largest absolute Gasteiger partial charge is 0.495 e. The van der Waals surface area contributed by atoms with Gasteiger partial charge in [-0.05, 0) is 36.6 Å². The van der Waals surface area contributed by atoms with E-state index in [2.05, 4.69) is 10.0 Å². The summed E-state index contributed by atoms with van der Waals surface area (Å²) in [4.78, 5) is 24.8. The Hall–Kier alpha value is -2.62. The molecule has 0 fully saturated rings. The van der Waals surface area contributed by atoms with E-state index in [0.29, 0.717) is 16.5 Å². The molecule has 2 aromatic rings. The van der Waals surface area contributed by atoms with E-state index >= 15 is 0 Å². The number of ether oxygens (including phenoxy) is 2. The maximum Gasteiger partial charge on any atom is 0.324 e. The summed E-state index contributed by atoms with van der Waals surface area (Å²) in [5, 5.41) is 3.07. The molecule has 168 valence electrons. The predicted octanol–water partition coefficient (Wildman–Crippen LogP) is 3.14. The molecule has 2 N–H and O–H groups in total. The number of aryl methyl sites for hydroxylation is 1. The van der Waals surface area contributed by atoms with Crippen molar-refractivity contribution in [1.82, 2.24) is 4.72 Å². The normalized spacial score (nSPS) is 12.3. The topological polar surface area (TPSA) is 111 Å². The highest BCUT2D eigenvalue weighted by atomic mass is 35.5. The molecular formula is C21H25ClN2O6S. The fourth-order valence-electron chi connectivity index (χ4n) is 2.63. The van der Waals surface area contributed by atoms with Gasteiger partial charge in [-0.1, -0.05) is 43.6 Å². The number of nitrogens with one attached hydrogen (secondary N) is 2. The van der Waals surface area contributed by atoms with Crippen LogP contribution in [0.25, 0.3) is 0 Å². The molecule has 0 unspecified atom stereocenters. The minimum atomic E-state index is -3.93. The van der Waals surface area contributed by atoms with Crippen molar-refractivity contribution in [2.75, 3.05) is 19.0 Å². The van der Waals surface area contributed by atoms with Crippen LogP contribution in [-0.4, -0.2) is 40.1 Å². The summed E-state index contributed by atoms with van der Waals surface area (Å²) >= 11 is 6.05. The van der Waals surface area contributed by atoms with Crippen molar-refractivity contribution in [2.45, 2.75) is 31.7 Å². The van der Waals surface area contributed by atoms with Crippen LogP contribution in [0.1, 0.15) is 19.4 Å². The highest BCUT2D eigenvalue weighted by Crippen LogP contribution is 2.30. The second-order valence-corrected chi connectivity index (χ2v) is 9.23. The number of hydrogen-bond donors (Lipinski definition) is 2. The number of anilines is 1. The van der Waals surface area contributed by atoms with Crippen molar-refractivity contribution in [1.29, 1.82) is 0 Å². The minimum absolute atomic E-state index is 0.0244. The third kappa shape index (κ3) is 6.68. The number of carbonyl (C=O) groups excluding carboxylic acids is 2. The first-order valence-corrected chi connectivity index (χ1v) is 11.3. The van der Waals surface area contributed by atoms with E-state index in [0.717, 1.165) is 5.56 Å². The molecule has 0 aromatic heterocycles. The highest BCUT2D eigenvalue weighted by Gasteiger charge is 2.30. The molecule has 0 bridgehead atoms. The van der Waals surface area contributed by atoms with E-state index in [1.165, 1.54) is 19.2 Å². The standard InChI is InChI=1S/C21H25ClN2O6S/c1-13(2)20(24-31(27,28)15-8-6-5-7-9-15)21(26)30-12-19(25)23-17-10-14(3)16(22)11-18(17)29-4/h5-11,13,20,24H,12H2,1-4H3,(H,23,25)/t20-/m1/s1. The molecule has 0 heterocycles. The van der Waals surface area contributed by atoms with E-state index in [-0.39, 0.29) is 4.90 Å². The van der Waals surface area contributed by atoms with Gasteiger partial charge in [0.05, 0.1) is 17.7 Å². The Labute approximate surface area is 186 Å². The third-order valence-electron chi connectivity index (χ3n) is 4.36. The molecule has 2 rings (SSSR count). The monoisotopic (exact) mass is 468 g/mol. The average Bonchev–Trinajstić information content (AvgIpc) is 2.73. The molecule has 0 aliphatic heterocycles. The minimum Gasteiger partial charge on any atom is -0.495 e. The van der Waals surface area contributed by atoms with E-state index < -0.39 is 40.5 Å². The van der Waals surface area contributed by atoms with E-state index in [9.17, 15) is 18.0 Å². The van der Waals surface area contributed by atoms with Gasteiger partial charge in [0.2, 0.25) is 10.0 Å². The van der Waals surface area contributed by atoms with Crippen molar-refractivity contribution in [3.8, 4) is 5.75 Å². The Kier molecular flexibility index (Phi) is 8.43. The molecule has 10 heteroatoms. The van der Waals surface area contributed by atoms with Crippen LogP contribution < -0.4 is 14.8 Å². The summed E-state index contributed by atoms with van der Waals surface area (Å²) in [5.41, 5.74) is 1.10. The molecule has 0 radical (unpaired) electrons. The van der Waals surface area contributed by atoms with Gasteiger partial charge in [0.15, 0.2) is 6.61 Å². The number of methoxy groups -OCH3 is 1. The second-order valence-electron chi connectivity index (χ2n) is 7.11. The number of hydrogen-bond acceptors (Lipinski definition) is 6. The van der Waals surface area contributed by atoms with Gasteiger partial charge in [0, 0.05) is 11.1 Å². The molecule has 0 saturated heterocycles. The average molecular weight is 469 g/mol. The van der Waals surface area contributed by atoms with Gasteiger partial charge < -0.3 is 14.8 Å². The number of esters is 1. The lowest BCUT2D eigenvalue weighted by atomic mass is 10.1. The summed E-state index contributed by atoms with van der Waals surface area (Å²) in [6.07, 6.45) is 0. The fourth-order valence-corrected chi connectivity index (χ4v) is 4.14. The van der Waals surface area contributed by atoms with E-state index in [1.54, 1.807) is 51.1 Å². The first kappa shape index (κ1) is 24.6. The highest BCUT2D eigenvalue weighted by molar-refractivity contribution is 7.89. The molecule has 0 aliphatic carbocycles. The molecular weight excluding hydrogens is 444 g/mol. The molecule has 1 atom stereocenters. The zero-order chi connectivity index (χ0) is 23.2. The lowest BCUT2D eigenvalue weighted by molar-refractivity contribution is -0.150. The Balaban J connectivity index is 2.04. The van der Waals surface area contributed by atoms with Crippen LogP contribution in [-0.2, 0) is 24.3 Å². The zero-order valence-corrected chi connectivity index (χ0v) is 19.2. The number of sulfonamides is 1. The van der Waals surface area contributed by atoms with E-state index in [4.69, 9.17) is 21.1 Å². The molecule has 0 aliphatic rings. The van der Waals surface area contributed by atoms with Crippen molar-refractivity contribution >= 4 is 39.2 Å². The molecule has 8 nitrogen and oxygen atoms in total. The van der Waals surface area contributed by atoms with Gasteiger partial charge in [0.1, 0.15) is 11.8 Å². The van der Waals surface area contributed by atoms with Gasteiger partial charge in [-0.25, -0.2) is 8.42 Å². The third-order valence-corrected chi connectivity index (χ3v) is 6.22. The van der Waals surface area contributed by atoms with Gasteiger partial charge in [-0.15, -0.1) is 0 Å². The zero-order valence-electron chi connectivity index (χ0n) is 17.6. The second kappa shape index (κ2) is 10.6. The number of rotatable bonds is 9. The summed E-state index contributed by atoms with van der Waals surface area (Å²) in [7, 11) is -2.50. The van der Waals surface area contributed by atoms with Crippen LogP contribution in [0.5, 0.6) is 5.75 Å². The Morgan fingerprint density at radius 3 is 2.35 bits per heavy atom. The molecule has 0 saturated carbocycles. The molecule has 1 amide bonds. The summed E-state index contributed by atoms with van der Waals surface area (Å²) < 4.78 is 37.7. The Bertz CT molecular complexity index is 1040. The van der Waals surface area contributed by atoms with Gasteiger partial charge >= 0.3 is 5.97 Å².